The predicted octanol–water partition coefficient (Wildman–Crippen LogP) is 5.03. The summed E-state index contributed by atoms with van der Waals surface area (Å²) in [5.74, 6) is -0.473. The Kier molecular flexibility index (Phi) is 5.71. The van der Waals surface area contributed by atoms with Gasteiger partial charge in [-0.05, 0) is 35.4 Å². The van der Waals surface area contributed by atoms with E-state index in [1.165, 1.54) is 22.9 Å². The fourth-order valence-corrected chi connectivity index (χ4v) is 2.72. The summed E-state index contributed by atoms with van der Waals surface area (Å²) in [6.07, 6.45) is 4.53. The molecule has 0 atom stereocenters. The Morgan fingerprint density at radius 2 is 1.96 bits per heavy atom. The van der Waals surface area contributed by atoms with Crippen LogP contribution in [0.3, 0.4) is 0 Å². The van der Waals surface area contributed by atoms with E-state index >= 15 is 0 Å². The normalized spacial score (nSPS) is 11.0. The molecule has 1 N–H and O–H groups in total. The standard InChI is InChI=1S/C19H14Cl2FN3O/c20-16-7-2-1-5-14(16)8-9-18(26)23-19-17(21)12-25(24-19)11-13-4-3-6-15(22)10-13/h1-10,12H,11H2,(H,23,24,26)/b9-8+. The molecule has 0 aliphatic heterocycles. The molecule has 0 bridgehead atoms. The summed E-state index contributed by atoms with van der Waals surface area (Å²) in [5, 5.41) is 7.67. The fourth-order valence-electron chi connectivity index (χ4n) is 2.32. The molecule has 0 saturated carbocycles. The number of benzene rings is 2. The first kappa shape index (κ1) is 18.2. The third-order valence-corrected chi connectivity index (χ3v) is 4.13. The number of aromatic nitrogens is 2. The van der Waals surface area contributed by atoms with E-state index in [9.17, 15) is 9.18 Å². The monoisotopic (exact) mass is 389 g/mol. The van der Waals surface area contributed by atoms with E-state index < -0.39 is 0 Å². The molecule has 0 unspecified atom stereocenters. The lowest BCUT2D eigenvalue weighted by Crippen LogP contribution is -2.09. The molecule has 1 aromatic heterocycles. The van der Waals surface area contributed by atoms with Gasteiger partial charge in [0.2, 0.25) is 5.91 Å². The second kappa shape index (κ2) is 8.17. The molecule has 0 spiro atoms. The molecule has 132 valence electrons. The largest absolute Gasteiger partial charge is 0.304 e. The van der Waals surface area contributed by atoms with Gasteiger partial charge in [-0.15, -0.1) is 0 Å². The quantitative estimate of drug-likeness (QED) is 0.622. The minimum atomic E-state index is -0.386. The average Bonchev–Trinajstić information content (AvgIpc) is 2.93. The van der Waals surface area contributed by atoms with Crippen molar-refractivity contribution in [2.75, 3.05) is 5.32 Å². The van der Waals surface area contributed by atoms with Crippen LogP contribution >= 0.6 is 23.2 Å². The van der Waals surface area contributed by atoms with Crippen LogP contribution in [0.25, 0.3) is 6.08 Å². The van der Waals surface area contributed by atoms with Crippen molar-refractivity contribution in [2.24, 2.45) is 0 Å². The van der Waals surface area contributed by atoms with Crippen LogP contribution in [0.15, 0.2) is 60.8 Å². The molecule has 0 saturated heterocycles. The third kappa shape index (κ3) is 4.71. The van der Waals surface area contributed by atoms with Gasteiger partial charge in [-0.1, -0.05) is 53.5 Å². The Hall–Kier alpha value is -2.63. The van der Waals surface area contributed by atoms with Crippen molar-refractivity contribution in [3.63, 3.8) is 0 Å². The molecule has 1 heterocycles. The van der Waals surface area contributed by atoms with Crippen molar-refractivity contribution in [1.29, 1.82) is 0 Å². The summed E-state index contributed by atoms with van der Waals surface area (Å²) >= 11 is 12.1. The Morgan fingerprint density at radius 3 is 2.73 bits per heavy atom. The zero-order valence-corrected chi connectivity index (χ0v) is 15.0. The number of carbonyl (C=O) groups is 1. The van der Waals surface area contributed by atoms with E-state index in [-0.39, 0.29) is 17.5 Å². The van der Waals surface area contributed by atoms with Gasteiger partial charge in [0.25, 0.3) is 0 Å². The lowest BCUT2D eigenvalue weighted by Gasteiger charge is -2.02. The van der Waals surface area contributed by atoms with Gasteiger partial charge >= 0.3 is 0 Å². The summed E-state index contributed by atoms with van der Waals surface area (Å²) in [5.41, 5.74) is 1.47. The topological polar surface area (TPSA) is 46.9 Å². The van der Waals surface area contributed by atoms with E-state index in [0.717, 1.165) is 11.1 Å². The van der Waals surface area contributed by atoms with Gasteiger partial charge in [0.05, 0.1) is 6.54 Å². The van der Waals surface area contributed by atoms with Crippen molar-refractivity contribution >= 4 is 41.0 Å². The van der Waals surface area contributed by atoms with Crippen molar-refractivity contribution in [2.45, 2.75) is 6.54 Å². The Morgan fingerprint density at radius 1 is 1.15 bits per heavy atom. The Balaban J connectivity index is 1.67. The number of hydrogen-bond acceptors (Lipinski definition) is 2. The number of halogens is 3. The van der Waals surface area contributed by atoms with E-state index in [1.54, 1.807) is 36.5 Å². The number of carbonyl (C=O) groups excluding carboxylic acids is 1. The minimum absolute atomic E-state index is 0.233. The lowest BCUT2D eigenvalue weighted by atomic mass is 10.2. The van der Waals surface area contributed by atoms with Gasteiger partial charge in [-0.25, -0.2) is 4.39 Å². The molecule has 1 amide bonds. The fraction of sp³-hybridized carbons (Fsp3) is 0.0526. The van der Waals surface area contributed by atoms with Crippen LogP contribution in [0.2, 0.25) is 10.0 Å². The van der Waals surface area contributed by atoms with Gasteiger partial charge in [-0.2, -0.15) is 5.10 Å². The molecule has 0 aliphatic carbocycles. The molecule has 2 aromatic carbocycles. The predicted molar refractivity (Wildman–Crippen MR) is 102 cm³/mol. The van der Waals surface area contributed by atoms with Gasteiger partial charge in [0, 0.05) is 17.3 Å². The summed E-state index contributed by atoms with van der Waals surface area (Å²) in [4.78, 5) is 12.1. The molecule has 3 rings (SSSR count). The summed E-state index contributed by atoms with van der Waals surface area (Å²) in [6.45, 7) is 0.336. The van der Waals surface area contributed by atoms with E-state index in [0.29, 0.717) is 16.6 Å². The number of hydrogen-bond donors (Lipinski definition) is 1. The first-order valence-corrected chi connectivity index (χ1v) is 8.48. The van der Waals surface area contributed by atoms with Crippen molar-refractivity contribution in [1.82, 2.24) is 9.78 Å². The van der Waals surface area contributed by atoms with Crippen LogP contribution in [0.4, 0.5) is 10.2 Å². The third-order valence-electron chi connectivity index (χ3n) is 3.51. The van der Waals surface area contributed by atoms with Crippen molar-refractivity contribution in [3.05, 3.63) is 87.8 Å². The Bertz CT molecular complexity index is 969. The SMILES string of the molecule is O=C(/C=C/c1ccccc1Cl)Nc1nn(Cc2cccc(F)c2)cc1Cl. The molecule has 0 fully saturated rings. The van der Waals surface area contributed by atoms with Crippen LogP contribution < -0.4 is 5.32 Å². The maximum absolute atomic E-state index is 13.2. The zero-order valence-electron chi connectivity index (χ0n) is 13.5. The highest BCUT2D eigenvalue weighted by atomic mass is 35.5. The van der Waals surface area contributed by atoms with Gasteiger partial charge in [0.1, 0.15) is 10.8 Å². The number of amides is 1. The van der Waals surface area contributed by atoms with E-state index in [4.69, 9.17) is 23.2 Å². The highest BCUT2D eigenvalue weighted by Crippen LogP contribution is 2.21. The minimum Gasteiger partial charge on any atom is -0.304 e. The molecular formula is C19H14Cl2FN3O. The maximum Gasteiger partial charge on any atom is 0.249 e. The molecule has 26 heavy (non-hydrogen) atoms. The lowest BCUT2D eigenvalue weighted by molar-refractivity contribution is -0.111. The summed E-state index contributed by atoms with van der Waals surface area (Å²) < 4.78 is 14.8. The van der Waals surface area contributed by atoms with Crippen molar-refractivity contribution in [3.8, 4) is 0 Å². The van der Waals surface area contributed by atoms with Crippen LogP contribution in [-0.2, 0) is 11.3 Å². The number of rotatable bonds is 5. The van der Waals surface area contributed by atoms with Crippen LogP contribution in [0, 0.1) is 5.82 Å². The maximum atomic E-state index is 13.2. The van der Waals surface area contributed by atoms with Crippen LogP contribution in [0.1, 0.15) is 11.1 Å². The van der Waals surface area contributed by atoms with Crippen LogP contribution in [0.5, 0.6) is 0 Å². The second-order valence-electron chi connectivity index (χ2n) is 5.50. The van der Waals surface area contributed by atoms with Gasteiger partial charge < -0.3 is 5.32 Å². The number of nitrogens with zero attached hydrogens (tertiary/aromatic N) is 2. The van der Waals surface area contributed by atoms with Gasteiger partial charge in [-0.3, -0.25) is 9.48 Å². The molecule has 0 radical (unpaired) electrons. The van der Waals surface area contributed by atoms with Crippen LogP contribution in [-0.4, -0.2) is 15.7 Å². The first-order chi connectivity index (χ1) is 12.5. The van der Waals surface area contributed by atoms with Gasteiger partial charge in [0.15, 0.2) is 5.82 Å². The molecule has 7 heteroatoms. The highest BCUT2D eigenvalue weighted by Gasteiger charge is 2.10. The number of anilines is 1. The second-order valence-corrected chi connectivity index (χ2v) is 6.31. The van der Waals surface area contributed by atoms with E-state index in [1.807, 2.05) is 12.1 Å². The summed E-state index contributed by atoms with van der Waals surface area (Å²) in [6, 6.07) is 13.4. The van der Waals surface area contributed by atoms with E-state index in [2.05, 4.69) is 10.4 Å². The summed E-state index contributed by atoms with van der Waals surface area (Å²) in [7, 11) is 0. The zero-order chi connectivity index (χ0) is 18.5. The molecule has 3 aromatic rings. The number of nitrogens with one attached hydrogen (secondary N) is 1. The molecular weight excluding hydrogens is 376 g/mol. The molecule has 0 aliphatic rings. The first-order valence-electron chi connectivity index (χ1n) is 7.72. The molecule has 4 nitrogen and oxygen atoms in total. The Labute approximate surface area is 159 Å². The smallest absolute Gasteiger partial charge is 0.249 e. The average molecular weight is 390 g/mol. The highest BCUT2D eigenvalue weighted by molar-refractivity contribution is 6.33. The van der Waals surface area contributed by atoms with Crippen molar-refractivity contribution < 1.29 is 9.18 Å².